The fourth-order valence-corrected chi connectivity index (χ4v) is 2.48. The molecule has 1 atom stereocenters. The van der Waals surface area contributed by atoms with Gasteiger partial charge in [0.05, 0.1) is 6.04 Å². The maximum atomic E-state index is 13.4. The van der Waals surface area contributed by atoms with Crippen LogP contribution < -0.4 is 4.90 Å². The first-order valence-electron chi connectivity index (χ1n) is 6.54. The van der Waals surface area contributed by atoms with Gasteiger partial charge in [-0.05, 0) is 29.8 Å². The summed E-state index contributed by atoms with van der Waals surface area (Å²) in [6.07, 6.45) is 3.68. The van der Waals surface area contributed by atoms with E-state index in [1.165, 1.54) is 12.1 Å². The first kappa shape index (κ1) is 12.6. The lowest BCUT2D eigenvalue weighted by Gasteiger charge is -2.33. The number of rotatable bonds is 2. The van der Waals surface area contributed by atoms with Crippen molar-refractivity contribution < 1.29 is 9.18 Å². The highest BCUT2D eigenvalue weighted by Gasteiger charge is 2.25. The summed E-state index contributed by atoms with van der Waals surface area (Å²) in [4.78, 5) is 13.6. The molecule has 1 heterocycles. The molecule has 0 saturated heterocycles. The number of hydrogen-bond donors (Lipinski definition) is 0. The van der Waals surface area contributed by atoms with Crippen LogP contribution in [0.3, 0.4) is 0 Å². The second-order valence-electron chi connectivity index (χ2n) is 4.80. The quantitative estimate of drug-likeness (QED) is 0.823. The Kier molecular flexibility index (Phi) is 3.33. The SMILES string of the molecule is O=C1C=CN(c2cccc(F)c2)C(c2ccccc2)C1. The van der Waals surface area contributed by atoms with Gasteiger partial charge in [0.1, 0.15) is 5.82 Å². The molecule has 1 aliphatic rings. The maximum absolute atomic E-state index is 13.4. The van der Waals surface area contributed by atoms with Gasteiger partial charge in [0.15, 0.2) is 5.78 Å². The van der Waals surface area contributed by atoms with Crippen LogP contribution in [-0.2, 0) is 4.79 Å². The number of anilines is 1. The Morgan fingerprint density at radius 2 is 1.85 bits per heavy atom. The van der Waals surface area contributed by atoms with Crippen molar-refractivity contribution in [2.24, 2.45) is 0 Å². The molecule has 0 aromatic heterocycles. The van der Waals surface area contributed by atoms with E-state index in [0.29, 0.717) is 6.42 Å². The van der Waals surface area contributed by atoms with Crippen molar-refractivity contribution in [3.05, 3.63) is 78.3 Å². The first-order chi connectivity index (χ1) is 9.74. The third-order valence-corrected chi connectivity index (χ3v) is 3.44. The molecule has 0 fully saturated rings. The standard InChI is InChI=1S/C17H14FNO/c18-14-7-4-8-15(11-14)19-10-9-16(20)12-17(19)13-5-2-1-3-6-13/h1-11,17H,12H2. The highest BCUT2D eigenvalue weighted by atomic mass is 19.1. The van der Waals surface area contributed by atoms with Crippen molar-refractivity contribution in [3.8, 4) is 0 Å². The number of hydrogen-bond acceptors (Lipinski definition) is 2. The Bertz CT molecular complexity index is 651. The average Bonchev–Trinajstić information content (AvgIpc) is 2.48. The van der Waals surface area contributed by atoms with E-state index in [2.05, 4.69) is 0 Å². The van der Waals surface area contributed by atoms with E-state index in [-0.39, 0.29) is 17.6 Å². The van der Waals surface area contributed by atoms with Crippen molar-refractivity contribution in [2.45, 2.75) is 12.5 Å². The minimum absolute atomic E-state index is 0.0875. The van der Waals surface area contributed by atoms with Gasteiger partial charge in [-0.25, -0.2) is 4.39 Å². The van der Waals surface area contributed by atoms with Crippen LogP contribution in [0.5, 0.6) is 0 Å². The van der Waals surface area contributed by atoms with Crippen molar-refractivity contribution in [2.75, 3.05) is 4.90 Å². The summed E-state index contributed by atoms with van der Waals surface area (Å²) in [5.41, 5.74) is 1.80. The van der Waals surface area contributed by atoms with E-state index in [9.17, 15) is 9.18 Å². The van der Waals surface area contributed by atoms with Gasteiger partial charge in [-0.2, -0.15) is 0 Å². The van der Waals surface area contributed by atoms with Gasteiger partial charge in [0, 0.05) is 18.3 Å². The van der Waals surface area contributed by atoms with Crippen LogP contribution in [0.2, 0.25) is 0 Å². The monoisotopic (exact) mass is 267 g/mol. The van der Waals surface area contributed by atoms with Crippen LogP contribution in [0.15, 0.2) is 66.9 Å². The summed E-state index contributed by atoms with van der Waals surface area (Å²) in [7, 11) is 0. The molecule has 0 amide bonds. The lowest BCUT2D eigenvalue weighted by molar-refractivity contribution is -0.115. The van der Waals surface area contributed by atoms with Crippen LogP contribution in [0.4, 0.5) is 10.1 Å². The third kappa shape index (κ3) is 2.48. The summed E-state index contributed by atoms with van der Waals surface area (Å²) in [5, 5.41) is 0. The first-order valence-corrected chi connectivity index (χ1v) is 6.54. The van der Waals surface area contributed by atoms with Gasteiger partial charge in [-0.1, -0.05) is 36.4 Å². The van der Waals surface area contributed by atoms with Gasteiger partial charge < -0.3 is 4.90 Å². The Morgan fingerprint density at radius 3 is 2.60 bits per heavy atom. The van der Waals surface area contributed by atoms with Crippen molar-refractivity contribution in [3.63, 3.8) is 0 Å². The zero-order chi connectivity index (χ0) is 13.9. The van der Waals surface area contributed by atoms with Crippen molar-refractivity contribution in [1.82, 2.24) is 0 Å². The molecule has 0 saturated carbocycles. The highest BCUT2D eigenvalue weighted by molar-refractivity contribution is 5.92. The van der Waals surface area contributed by atoms with Crippen LogP contribution in [-0.4, -0.2) is 5.78 Å². The predicted octanol–water partition coefficient (Wildman–Crippen LogP) is 3.86. The Hall–Kier alpha value is -2.42. The third-order valence-electron chi connectivity index (χ3n) is 3.44. The lowest BCUT2D eigenvalue weighted by Crippen LogP contribution is -2.28. The summed E-state index contributed by atoms with van der Waals surface area (Å²) < 4.78 is 13.4. The number of benzene rings is 2. The van der Waals surface area contributed by atoms with Gasteiger partial charge >= 0.3 is 0 Å². The minimum atomic E-state index is -0.278. The molecule has 2 aromatic carbocycles. The highest BCUT2D eigenvalue weighted by Crippen LogP contribution is 2.33. The molecule has 0 bridgehead atoms. The smallest absolute Gasteiger partial charge is 0.159 e. The Labute approximate surface area is 117 Å². The predicted molar refractivity (Wildman–Crippen MR) is 76.8 cm³/mol. The second-order valence-corrected chi connectivity index (χ2v) is 4.80. The molecule has 1 unspecified atom stereocenters. The fraction of sp³-hybridized carbons (Fsp3) is 0.118. The molecule has 0 spiro atoms. The van der Waals surface area contributed by atoms with E-state index < -0.39 is 0 Å². The zero-order valence-corrected chi connectivity index (χ0v) is 10.9. The molecular formula is C17H14FNO. The van der Waals surface area contributed by atoms with E-state index in [0.717, 1.165) is 11.3 Å². The molecule has 2 aromatic rings. The molecule has 0 N–H and O–H groups in total. The molecule has 0 radical (unpaired) electrons. The van der Waals surface area contributed by atoms with E-state index in [1.807, 2.05) is 41.3 Å². The lowest BCUT2D eigenvalue weighted by atomic mass is 9.96. The average molecular weight is 267 g/mol. The maximum Gasteiger partial charge on any atom is 0.159 e. The normalized spacial score (nSPS) is 18.4. The molecule has 1 aliphatic heterocycles. The van der Waals surface area contributed by atoms with Crippen molar-refractivity contribution in [1.29, 1.82) is 0 Å². The van der Waals surface area contributed by atoms with Gasteiger partial charge in [-0.3, -0.25) is 4.79 Å². The topological polar surface area (TPSA) is 20.3 Å². The molecule has 2 nitrogen and oxygen atoms in total. The van der Waals surface area contributed by atoms with Gasteiger partial charge in [-0.15, -0.1) is 0 Å². The molecule has 0 aliphatic carbocycles. The molecular weight excluding hydrogens is 253 g/mol. The number of ketones is 1. The Morgan fingerprint density at radius 1 is 1.05 bits per heavy atom. The van der Waals surface area contributed by atoms with Gasteiger partial charge in [0.25, 0.3) is 0 Å². The van der Waals surface area contributed by atoms with E-state index in [4.69, 9.17) is 0 Å². The van der Waals surface area contributed by atoms with Gasteiger partial charge in [0.2, 0.25) is 0 Å². The summed E-state index contributed by atoms with van der Waals surface area (Å²) in [6.45, 7) is 0. The second kappa shape index (κ2) is 5.29. The zero-order valence-electron chi connectivity index (χ0n) is 10.9. The number of halogens is 1. The molecule has 3 rings (SSSR count). The Balaban J connectivity index is 2.02. The number of carbonyl (C=O) groups excluding carboxylic acids is 1. The summed E-state index contributed by atoms with van der Waals surface area (Å²) in [5.74, 6) is -0.189. The summed E-state index contributed by atoms with van der Waals surface area (Å²) in [6, 6.07) is 16.1. The summed E-state index contributed by atoms with van der Waals surface area (Å²) >= 11 is 0. The number of nitrogens with zero attached hydrogens (tertiary/aromatic N) is 1. The van der Waals surface area contributed by atoms with Crippen LogP contribution in [0, 0.1) is 5.82 Å². The largest absolute Gasteiger partial charge is 0.340 e. The van der Waals surface area contributed by atoms with Crippen LogP contribution in [0.1, 0.15) is 18.0 Å². The molecule has 3 heteroatoms. The van der Waals surface area contributed by atoms with E-state index >= 15 is 0 Å². The van der Waals surface area contributed by atoms with E-state index in [1.54, 1.807) is 18.3 Å². The van der Waals surface area contributed by atoms with Crippen LogP contribution in [0.25, 0.3) is 0 Å². The van der Waals surface area contributed by atoms with Crippen LogP contribution >= 0.6 is 0 Å². The minimum Gasteiger partial charge on any atom is -0.340 e. The number of carbonyl (C=O) groups is 1. The number of allylic oxidation sites excluding steroid dienone is 1. The van der Waals surface area contributed by atoms with Crippen molar-refractivity contribution >= 4 is 11.5 Å². The fourth-order valence-electron chi connectivity index (χ4n) is 2.48. The molecule has 20 heavy (non-hydrogen) atoms. The molecule has 100 valence electrons.